The molecule has 0 bridgehead atoms. The van der Waals surface area contributed by atoms with Crippen LogP contribution in [0.3, 0.4) is 0 Å². The van der Waals surface area contributed by atoms with Gasteiger partial charge in [-0.3, -0.25) is 0 Å². The molecular weight excluding hydrogens is 528 g/mol. The second-order valence-electron chi connectivity index (χ2n) is 9.11. The quantitative estimate of drug-likeness (QED) is 0.0316. The average Bonchev–Trinajstić information content (AvgIpc) is 2.92. The van der Waals surface area contributed by atoms with E-state index in [0.29, 0.717) is 28.3 Å². The molecule has 2 amide bonds. The molecule has 0 aromatic heterocycles. The Morgan fingerprint density at radius 3 is 2.10 bits per heavy atom. The molecule has 12 nitrogen and oxygen atoms in total. The van der Waals surface area contributed by atoms with Crippen LogP contribution in [-0.4, -0.2) is 98.2 Å². The number of amides is 2. The van der Waals surface area contributed by atoms with Gasteiger partial charge in [0, 0.05) is 25.3 Å². The van der Waals surface area contributed by atoms with Gasteiger partial charge in [0.2, 0.25) is 9.76 Å². The van der Waals surface area contributed by atoms with Gasteiger partial charge in [0.15, 0.2) is 6.29 Å². The Morgan fingerprint density at radius 1 is 0.949 bits per heavy atom. The Bertz CT molecular complexity index is 725. The number of carbonyl (C=O) groups excluding carboxylic acids is 3. The van der Waals surface area contributed by atoms with Gasteiger partial charge in [0.1, 0.15) is 19.8 Å². The molecular formula is C26H46N2O10Si. The van der Waals surface area contributed by atoms with Gasteiger partial charge in [-0.1, -0.05) is 27.0 Å². The predicted octanol–water partition coefficient (Wildman–Crippen LogP) is 2.73. The van der Waals surface area contributed by atoms with Crippen molar-refractivity contribution in [1.29, 1.82) is 0 Å². The monoisotopic (exact) mass is 574 g/mol. The van der Waals surface area contributed by atoms with Crippen LogP contribution in [0.1, 0.15) is 47.0 Å². The molecule has 39 heavy (non-hydrogen) atoms. The summed E-state index contributed by atoms with van der Waals surface area (Å²) in [6.45, 7) is 15.5. The zero-order valence-electron chi connectivity index (χ0n) is 23.7. The van der Waals surface area contributed by atoms with Crippen molar-refractivity contribution in [3.05, 3.63) is 25.3 Å². The molecule has 0 rings (SSSR count). The number of aliphatic hydroxyl groups is 1. The highest BCUT2D eigenvalue weighted by Gasteiger charge is 2.33. The third kappa shape index (κ3) is 20.2. The molecule has 0 aliphatic carbocycles. The van der Waals surface area contributed by atoms with Gasteiger partial charge in [-0.25, -0.2) is 14.4 Å². The lowest BCUT2D eigenvalue weighted by Gasteiger charge is -2.31. The van der Waals surface area contributed by atoms with E-state index in [0.717, 1.165) is 18.9 Å². The van der Waals surface area contributed by atoms with E-state index < -0.39 is 29.9 Å². The van der Waals surface area contributed by atoms with Crippen LogP contribution in [0.15, 0.2) is 25.3 Å². The van der Waals surface area contributed by atoms with Crippen LogP contribution < -0.4 is 10.6 Å². The number of alkyl carbamates (subject to hydrolysis) is 2. The van der Waals surface area contributed by atoms with E-state index in [1.54, 1.807) is 0 Å². The highest BCUT2D eigenvalue weighted by atomic mass is 28.2. The lowest BCUT2D eigenvalue weighted by molar-refractivity contribution is -0.137. The van der Waals surface area contributed by atoms with Gasteiger partial charge in [-0.05, 0) is 44.7 Å². The van der Waals surface area contributed by atoms with E-state index in [9.17, 15) is 19.5 Å². The Hall–Kier alpha value is -2.45. The standard InChI is InChI=1S/C26H46N2O10Si/c1-7-22(29)34-15-12-27-24(31)36-18-26(9-3,17-33-14-10-11-21(6)39-38-20(4)5)19-37-25(32)28-13-16-35-23(30)8-2/h7-8,20-22,29H,1-2,9-19H2,3-6H3,(H,27,31)(H,28,32). The maximum absolute atomic E-state index is 12.2. The second kappa shape index (κ2) is 22.4. The molecule has 0 aromatic rings. The van der Waals surface area contributed by atoms with Crippen LogP contribution in [0.25, 0.3) is 0 Å². The van der Waals surface area contributed by atoms with E-state index in [1.165, 1.54) is 6.08 Å². The molecule has 0 spiro atoms. The Kier molecular flexibility index (Phi) is 21.0. The zero-order chi connectivity index (χ0) is 29.5. The fourth-order valence-electron chi connectivity index (χ4n) is 2.83. The summed E-state index contributed by atoms with van der Waals surface area (Å²) in [6.07, 6.45) is 2.23. The number of ether oxygens (including phenoxy) is 5. The lowest BCUT2D eigenvalue weighted by Crippen LogP contribution is -2.41. The van der Waals surface area contributed by atoms with Crippen molar-refractivity contribution in [2.24, 2.45) is 5.41 Å². The van der Waals surface area contributed by atoms with Crippen molar-refractivity contribution in [3.63, 3.8) is 0 Å². The van der Waals surface area contributed by atoms with E-state index in [4.69, 9.17) is 28.1 Å². The highest BCUT2D eigenvalue weighted by Crippen LogP contribution is 2.25. The van der Waals surface area contributed by atoms with Crippen LogP contribution in [0.5, 0.6) is 0 Å². The number of carbonyl (C=O) groups is 3. The molecule has 2 radical (unpaired) electrons. The van der Waals surface area contributed by atoms with Crippen molar-refractivity contribution in [2.45, 2.75) is 64.9 Å². The average molecular weight is 575 g/mol. The van der Waals surface area contributed by atoms with Crippen molar-refractivity contribution in [1.82, 2.24) is 10.6 Å². The van der Waals surface area contributed by atoms with Crippen molar-refractivity contribution in [2.75, 3.05) is 52.7 Å². The van der Waals surface area contributed by atoms with Crippen LogP contribution in [0, 0.1) is 5.41 Å². The minimum atomic E-state index is -1.11. The lowest BCUT2D eigenvalue weighted by atomic mass is 9.88. The molecule has 3 N–H and O–H groups in total. The van der Waals surface area contributed by atoms with Gasteiger partial charge in [0.05, 0.1) is 25.2 Å². The van der Waals surface area contributed by atoms with Gasteiger partial charge in [-0.2, -0.15) is 0 Å². The summed E-state index contributed by atoms with van der Waals surface area (Å²) in [5.41, 5.74) is -0.360. The number of esters is 1. The number of nitrogens with one attached hydrogen (secondary N) is 2. The topological polar surface area (TPSA) is 151 Å². The van der Waals surface area contributed by atoms with Gasteiger partial charge < -0.3 is 43.9 Å². The van der Waals surface area contributed by atoms with Crippen LogP contribution in [0.2, 0.25) is 5.54 Å². The zero-order valence-corrected chi connectivity index (χ0v) is 24.7. The van der Waals surface area contributed by atoms with Crippen molar-refractivity contribution >= 4 is 27.9 Å². The van der Waals surface area contributed by atoms with Crippen molar-refractivity contribution < 1.29 is 47.6 Å². The maximum atomic E-state index is 12.2. The molecule has 0 aliphatic rings. The summed E-state index contributed by atoms with van der Waals surface area (Å²) >= 11 is 0. The van der Waals surface area contributed by atoms with Crippen LogP contribution >= 0.6 is 0 Å². The normalized spacial score (nSPS) is 14.0. The third-order valence-electron chi connectivity index (χ3n) is 5.25. The minimum Gasteiger partial charge on any atom is -0.461 e. The highest BCUT2D eigenvalue weighted by molar-refractivity contribution is 6.29. The molecule has 0 saturated carbocycles. The summed E-state index contributed by atoms with van der Waals surface area (Å²) < 4.78 is 32.2. The summed E-state index contributed by atoms with van der Waals surface area (Å²) in [4.78, 5) is 35.4. The number of rotatable bonds is 23. The molecule has 0 heterocycles. The van der Waals surface area contributed by atoms with E-state index in [1.807, 2.05) is 20.8 Å². The molecule has 224 valence electrons. The first-order valence-electron chi connectivity index (χ1n) is 13.1. The summed E-state index contributed by atoms with van der Waals surface area (Å²) in [7, 11) is 0.432. The first-order valence-corrected chi connectivity index (χ1v) is 14.1. The Labute approximate surface area is 234 Å². The summed E-state index contributed by atoms with van der Waals surface area (Å²) in [6, 6.07) is 0. The number of hydrogen-bond donors (Lipinski definition) is 3. The van der Waals surface area contributed by atoms with Crippen LogP contribution in [0.4, 0.5) is 9.59 Å². The maximum Gasteiger partial charge on any atom is 0.407 e. The minimum absolute atomic E-state index is 0.0278. The van der Waals surface area contributed by atoms with Gasteiger partial charge >= 0.3 is 18.2 Å². The van der Waals surface area contributed by atoms with Crippen LogP contribution in [-0.2, 0) is 32.9 Å². The van der Waals surface area contributed by atoms with Gasteiger partial charge in [0.25, 0.3) is 0 Å². The summed E-state index contributed by atoms with van der Waals surface area (Å²) in [5, 5.41) is 14.3. The number of hydrogen-bond acceptors (Lipinski definition) is 10. The molecule has 0 aliphatic heterocycles. The molecule has 13 heteroatoms. The molecule has 0 fully saturated rings. The molecule has 0 saturated heterocycles. The second-order valence-corrected chi connectivity index (χ2v) is 10.6. The Balaban J connectivity index is 4.79. The summed E-state index contributed by atoms with van der Waals surface area (Å²) in [5.74, 6) is -0.589. The van der Waals surface area contributed by atoms with Crippen molar-refractivity contribution in [3.8, 4) is 0 Å². The SMILES string of the molecule is C=CC(=O)OCCNC(=O)OCC(CC)(COCCCC(C)[Si]OC(C)C)COC(=O)NCCOC(O)C=C. The first-order chi connectivity index (χ1) is 18.6. The van der Waals surface area contributed by atoms with E-state index >= 15 is 0 Å². The van der Waals surface area contributed by atoms with E-state index in [2.05, 4.69) is 30.7 Å². The molecule has 3 unspecified atom stereocenters. The Morgan fingerprint density at radius 2 is 1.56 bits per heavy atom. The fourth-order valence-corrected chi connectivity index (χ4v) is 3.65. The number of aliphatic hydroxyl groups excluding tert-OH is 1. The predicted molar refractivity (Wildman–Crippen MR) is 146 cm³/mol. The largest absolute Gasteiger partial charge is 0.461 e. The van der Waals surface area contributed by atoms with Gasteiger partial charge in [-0.15, -0.1) is 0 Å². The molecule has 3 atom stereocenters. The first kappa shape index (κ1) is 36.5. The third-order valence-corrected chi connectivity index (χ3v) is 6.55. The fraction of sp³-hybridized carbons (Fsp3) is 0.731. The smallest absolute Gasteiger partial charge is 0.407 e. The van der Waals surface area contributed by atoms with E-state index in [-0.39, 0.29) is 52.2 Å². The molecule has 0 aromatic carbocycles.